The maximum atomic E-state index is 12.8. The van der Waals surface area contributed by atoms with E-state index in [2.05, 4.69) is 10.5 Å². The number of aromatic carboxylic acids is 1. The Labute approximate surface area is 117 Å². The van der Waals surface area contributed by atoms with Crippen molar-refractivity contribution in [1.29, 1.82) is 0 Å². The topological polar surface area (TPSA) is 75.4 Å². The van der Waals surface area contributed by atoms with Gasteiger partial charge in [-0.1, -0.05) is 23.4 Å². The predicted molar refractivity (Wildman–Crippen MR) is 65.5 cm³/mol. The number of carbonyl (C=O) groups is 1. The Morgan fingerprint density at radius 1 is 1.29 bits per heavy atom. The quantitative estimate of drug-likeness (QED) is 0.888. The second kappa shape index (κ2) is 5.96. The molecule has 0 amide bonds. The van der Waals surface area contributed by atoms with E-state index in [-0.39, 0.29) is 30.1 Å². The van der Waals surface area contributed by atoms with Gasteiger partial charge in [-0.2, -0.15) is 13.2 Å². The van der Waals surface area contributed by atoms with Gasteiger partial charge in [0.1, 0.15) is 0 Å². The summed E-state index contributed by atoms with van der Waals surface area (Å²) in [6.07, 6.45) is -4.42. The molecule has 0 saturated heterocycles. The summed E-state index contributed by atoms with van der Waals surface area (Å²) in [6, 6.07) is 6.43. The summed E-state index contributed by atoms with van der Waals surface area (Å²) in [5, 5.41) is 14.7. The lowest BCUT2D eigenvalue weighted by atomic mass is 10.1. The standard InChI is InChI=1S/C13H11F3N2O3/c14-13(15,16)10-4-2-1-3-8(10)6-17-7-9-5-11(12(19)20)18-21-9/h1-5,17H,6-7H2,(H,19,20). The zero-order valence-electron chi connectivity index (χ0n) is 10.6. The smallest absolute Gasteiger partial charge is 0.416 e. The molecule has 1 heterocycles. The van der Waals surface area contributed by atoms with E-state index in [4.69, 9.17) is 9.63 Å². The van der Waals surface area contributed by atoms with Crippen molar-refractivity contribution in [3.63, 3.8) is 0 Å². The van der Waals surface area contributed by atoms with Gasteiger partial charge in [-0.15, -0.1) is 0 Å². The third-order valence-corrected chi connectivity index (χ3v) is 2.72. The van der Waals surface area contributed by atoms with Gasteiger partial charge in [-0.25, -0.2) is 4.79 Å². The van der Waals surface area contributed by atoms with Gasteiger partial charge in [0.05, 0.1) is 12.1 Å². The molecular formula is C13H11F3N2O3. The fourth-order valence-electron chi connectivity index (χ4n) is 1.77. The van der Waals surface area contributed by atoms with Gasteiger partial charge >= 0.3 is 12.1 Å². The molecule has 0 fully saturated rings. The molecule has 0 spiro atoms. The first-order valence-corrected chi connectivity index (χ1v) is 5.92. The van der Waals surface area contributed by atoms with Crippen LogP contribution in [-0.4, -0.2) is 16.2 Å². The van der Waals surface area contributed by atoms with E-state index in [9.17, 15) is 18.0 Å². The number of nitrogens with one attached hydrogen (secondary N) is 1. The number of hydrogen-bond donors (Lipinski definition) is 2. The molecule has 1 aromatic carbocycles. The maximum Gasteiger partial charge on any atom is 0.416 e. The molecule has 8 heteroatoms. The molecule has 2 N–H and O–H groups in total. The molecule has 0 atom stereocenters. The lowest BCUT2D eigenvalue weighted by Gasteiger charge is -2.12. The fraction of sp³-hybridized carbons (Fsp3) is 0.231. The lowest BCUT2D eigenvalue weighted by Crippen LogP contribution is -2.17. The third-order valence-electron chi connectivity index (χ3n) is 2.72. The van der Waals surface area contributed by atoms with Crippen LogP contribution in [0.4, 0.5) is 13.2 Å². The molecule has 5 nitrogen and oxygen atoms in total. The number of benzene rings is 1. The molecule has 0 aliphatic rings. The van der Waals surface area contributed by atoms with Gasteiger partial charge in [-0.05, 0) is 11.6 Å². The molecule has 0 saturated carbocycles. The summed E-state index contributed by atoms with van der Waals surface area (Å²) < 4.78 is 43.1. The molecule has 112 valence electrons. The predicted octanol–water partition coefficient (Wildman–Crippen LogP) is 2.68. The monoisotopic (exact) mass is 300 g/mol. The van der Waals surface area contributed by atoms with Crippen LogP contribution in [0.2, 0.25) is 0 Å². The normalized spacial score (nSPS) is 11.6. The average Bonchev–Trinajstić information content (AvgIpc) is 2.87. The second-order valence-corrected chi connectivity index (χ2v) is 4.24. The number of hydrogen-bond acceptors (Lipinski definition) is 4. The average molecular weight is 300 g/mol. The van der Waals surface area contributed by atoms with Crippen LogP contribution in [0.3, 0.4) is 0 Å². The summed E-state index contributed by atoms with van der Waals surface area (Å²) in [4.78, 5) is 10.6. The largest absolute Gasteiger partial charge is 0.476 e. The molecule has 0 radical (unpaired) electrons. The minimum absolute atomic E-state index is 0.0290. The summed E-state index contributed by atoms with van der Waals surface area (Å²) in [5.41, 5.74) is -0.855. The van der Waals surface area contributed by atoms with Crippen LogP contribution in [0.15, 0.2) is 34.9 Å². The highest BCUT2D eigenvalue weighted by Crippen LogP contribution is 2.31. The van der Waals surface area contributed by atoms with Gasteiger partial charge in [0.15, 0.2) is 11.5 Å². The molecule has 2 rings (SSSR count). The number of aromatic nitrogens is 1. The fourth-order valence-corrected chi connectivity index (χ4v) is 1.77. The first-order valence-electron chi connectivity index (χ1n) is 5.92. The van der Waals surface area contributed by atoms with Gasteiger partial charge < -0.3 is 14.9 Å². The number of rotatable bonds is 5. The zero-order chi connectivity index (χ0) is 15.5. The highest BCUT2D eigenvalue weighted by atomic mass is 19.4. The number of alkyl halides is 3. The van der Waals surface area contributed by atoms with Crippen LogP contribution in [-0.2, 0) is 19.3 Å². The van der Waals surface area contributed by atoms with Gasteiger partial charge in [-0.3, -0.25) is 0 Å². The van der Waals surface area contributed by atoms with E-state index in [1.807, 2.05) is 0 Å². The van der Waals surface area contributed by atoms with E-state index in [0.29, 0.717) is 0 Å². The molecule has 1 aromatic heterocycles. The van der Waals surface area contributed by atoms with Crippen molar-refractivity contribution in [3.8, 4) is 0 Å². The van der Waals surface area contributed by atoms with Gasteiger partial charge in [0, 0.05) is 12.6 Å². The van der Waals surface area contributed by atoms with Gasteiger partial charge in [0.25, 0.3) is 0 Å². The maximum absolute atomic E-state index is 12.8. The third kappa shape index (κ3) is 3.82. The minimum Gasteiger partial charge on any atom is -0.476 e. The van der Waals surface area contributed by atoms with Crippen molar-refractivity contribution in [2.75, 3.05) is 0 Å². The Hall–Kier alpha value is -2.35. The van der Waals surface area contributed by atoms with Crippen molar-refractivity contribution in [1.82, 2.24) is 10.5 Å². The molecule has 2 aromatic rings. The SMILES string of the molecule is O=C(O)c1cc(CNCc2ccccc2C(F)(F)F)on1. The summed E-state index contributed by atoms with van der Waals surface area (Å²) in [6.45, 7) is 0.0469. The van der Waals surface area contributed by atoms with Crippen molar-refractivity contribution >= 4 is 5.97 Å². The summed E-state index contributed by atoms with van der Waals surface area (Å²) in [7, 11) is 0. The van der Waals surface area contributed by atoms with E-state index in [1.165, 1.54) is 24.3 Å². The molecule has 0 unspecified atom stereocenters. The lowest BCUT2D eigenvalue weighted by molar-refractivity contribution is -0.138. The van der Waals surface area contributed by atoms with Crippen LogP contribution < -0.4 is 5.32 Å². The number of carboxylic acid groups (broad SMARTS) is 1. The molecule has 0 aliphatic carbocycles. The van der Waals surface area contributed by atoms with Crippen LogP contribution in [0.25, 0.3) is 0 Å². The molecule has 0 bridgehead atoms. The van der Waals surface area contributed by atoms with E-state index in [0.717, 1.165) is 6.07 Å². The Balaban J connectivity index is 1.99. The van der Waals surface area contributed by atoms with Crippen LogP contribution in [0.1, 0.15) is 27.4 Å². The van der Waals surface area contributed by atoms with Crippen molar-refractivity contribution in [2.45, 2.75) is 19.3 Å². The number of carboxylic acids is 1. The van der Waals surface area contributed by atoms with Crippen LogP contribution in [0.5, 0.6) is 0 Å². The van der Waals surface area contributed by atoms with Crippen molar-refractivity contribution in [2.24, 2.45) is 0 Å². The minimum atomic E-state index is -4.42. The van der Waals surface area contributed by atoms with E-state index < -0.39 is 17.7 Å². The highest BCUT2D eigenvalue weighted by Gasteiger charge is 2.32. The highest BCUT2D eigenvalue weighted by molar-refractivity contribution is 5.85. The number of nitrogens with zero attached hydrogens (tertiary/aromatic N) is 1. The molecular weight excluding hydrogens is 289 g/mol. The summed E-state index contributed by atoms with van der Waals surface area (Å²) >= 11 is 0. The molecule has 0 aliphatic heterocycles. The summed E-state index contributed by atoms with van der Waals surface area (Å²) in [5.74, 6) is -0.996. The first kappa shape index (κ1) is 15.0. The first-order chi connectivity index (χ1) is 9.88. The number of halogens is 3. The zero-order valence-corrected chi connectivity index (χ0v) is 10.6. The Bertz CT molecular complexity index is 638. The molecule has 21 heavy (non-hydrogen) atoms. The second-order valence-electron chi connectivity index (χ2n) is 4.24. The van der Waals surface area contributed by atoms with E-state index >= 15 is 0 Å². The van der Waals surface area contributed by atoms with Crippen LogP contribution >= 0.6 is 0 Å². The van der Waals surface area contributed by atoms with Gasteiger partial charge in [0.2, 0.25) is 0 Å². The van der Waals surface area contributed by atoms with Crippen molar-refractivity contribution < 1.29 is 27.6 Å². The Morgan fingerprint density at radius 2 is 2.00 bits per heavy atom. The van der Waals surface area contributed by atoms with E-state index in [1.54, 1.807) is 0 Å². The van der Waals surface area contributed by atoms with Crippen LogP contribution in [0, 0.1) is 0 Å². The Morgan fingerprint density at radius 3 is 2.62 bits per heavy atom. The Kier molecular flexibility index (Phi) is 4.27. The van der Waals surface area contributed by atoms with Crippen molar-refractivity contribution in [3.05, 3.63) is 52.9 Å².